The summed E-state index contributed by atoms with van der Waals surface area (Å²) in [7, 11) is 0. The van der Waals surface area contributed by atoms with E-state index in [1.807, 2.05) is 0 Å². The second-order valence-corrected chi connectivity index (χ2v) is 0. The minimum Gasteiger partial charge on any atom is -0.412 e. The molecule has 62 valence electrons. The Balaban J connectivity index is 0. The molecule has 0 aromatic carbocycles. The van der Waals surface area contributed by atoms with Crippen LogP contribution in [0.1, 0.15) is 0 Å². The van der Waals surface area contributed by atoms with Crippen molar-refractivity contribution in [1.82, 2.24) is 0 Å². The van der Waals surface area contributed by atoms with Crippen LogP contribution in [-0.4, -0.2) is 21.9 Å². The van der Waals surface area contributed by atoms with Crippen LogP contribution in [0.4, 0.5) is 0 Å². The Morgan fingerprint density at radius 1 is 0.375 bits per heavy atom. The van der Waals surface area contributed by atoms with E-state index in [0.717, 1.165) is 0 Å². The number of hydrogen-bond acceptors (Lipinski definition) is 0. The molecule has 0 heterocycles. The molecule has 0 atom stereocenters. The first kappa shape index (κ1) is 407. The minimum atomic E-state index is 0. The smallest absolute Gasteiger partial charge is 0 e. The summed E-state index contributed by atoms with van der Waals surface area (Å²) in [5.41, 5.74) is 0. The topological polar surface area (TPSA) is 126 Å². The van der Waals surface area contributed by atoms with Crippen molar-refractivity contribution < 1.29 is 39.3 Å². The van der Waals surface area contributed by atoms with Gasteiger partial charge in [0.2, 0.25) is 0 Å². The van der Waals surface area contributed by atoms with Gasteiger partial charge in [-0.15, -0.1) is 37.2 Å². The average Bonchev–Trinajstić information content (AvgIpc) is 0. The van der Waals surface area contributed by atoms with E-state index in [-0.39, 0.29) is 76.5 Å². The van der Waals surface area contributed by atoms with Gasteiger partial charge in [0.1, 0.15) is 0 Å². The van der Waals surface area contributed by atoms with Crippen LogP contribution in [0, 0.1) is 0 Å². The normalized spacial score (nSPS) is 0. The van der Waals surface area contributed by atoms with Crippen LogP contribution in [0.25, 0.3) is 0 Å². The van der Waals surface area contributed by atoms with Crippen LogP contribution >= 0.6 is 37.2 Å². The van der Waals surface area contributed by atoms with Crippen molar-refractivity contribution in [1.29, 1.82) is 0 Å². The molecule has 8 heteroatoms. The first-order valence-electron chi connectivity index (χ1n) is 0. The van der Waals surface area contributed by atoms with Crippen LogP contribution in [0.3, 0.4) is 0 Å². The quantitative estimate of drug-likeness (QED) is 0.457. The molecule has 0 saturated carbocycles. The fraction of sp³-hybridized carbons (Fsp3) is 0. The van der Waals surface area contributed by atoms with Crippen LogP contribution < -0.4 is 0 Å². The van der Waals surface area contributed by atoms with Crippen molar-refractivity contribution in [3.05, 3.63) is 0 Å². The van der Waals surface area contributed by atoms with Gasteiger partial charge < -0.3 is 21.9 Å². The monoisotopic (exact) mass is 232 g/mol. The molecule has 8 N–H and O–H groups in total. The average molecular weight is 233 g/mol. The Bertz CT molecular complexity index is 11.2. The van der Waals surface area contributed by atoms with Crippen molar-refractivity contribution in [2.75, 3.05) is 0 Å². The van der Waals surface area contributed by atoms with Crippen LogP contribution in [0.15, 0.2) is 0 Å². The van der Waals surface area contributed by atoms with Crippen LogP contribution in [0.2, 0.25) is 0 Å². The molecule has 0 radical (unpaired) electrons. The van der Waals surface area contributed by atoms with E-state index < -0.39 is 0 Å². The second kappa shape index (κ2) is 280. The van der Waals surface area contributed by atoms with E-state index >= 15 is 0 Å². The Morgan fingerprint density at radius 3 is 0.375 bits per heavy atom. The van der Waals surface area contributed by atoms with Crippen LogP contribution in [-0.2, 0) is 17.4 Å². The predicted molar refractivity (Wildman–Crippen MR) is 36.2 cm³/mol. The first-order chi connectivity index (χ1) is 0. The molecule has 0 unspecified atom stereocenters. The van der Waals surface area contributed by atoms with Gasteiger partial charge in [0.05, 0.1) is 0 Å². The molecule has 0 amide bonds. The van der Waals surface area contributed by atoms with Crippen molar-refractivity contribution in [3.63, 3.8) is 0 Å². The molecule has 0 saturated heterocycles. The van der Waals surface area contributed by atoms with Gasteiger partial charge >= 0.3 is 0 Å². The Hall–Kier alpha value is 1.24. The Morgan fingerprint density at radius 2 is 0.375 bits per heavy atom. The largest absolute Gasteiger partial charge is 0.412 e. The zero-order valence-corrected chi connectivity index (χ0v) is 7.36. The number of rotatable bonds is 0. The van der Waals surface area contributed by atoms with Gasteiger partial charge in [0.15, 0.2) is 0 Å². The third-order valence-electron chi connectivity index (χ3n) is 0. The summed E-state index contributed by atoms with van der Waals surface area (Å²) < 4.78 is 0. The maximum absolute atomic E-state index is 0. The van der Waals surface area contributed by atoms with Crippen molar-refractivity contribution in [2.45, 2.75) is 0 Å². The molecule has 0 aromatic rings. The van der Waals surface area contributed by atoms with E-state index in [1.54, 1.807) is 0 Å². The first-order valence-corrected chi connectivity index (χ1v) is 0. The van der Waals surface area contributed by atoms with Gasteiger partial charge in [0, 0.05) is 17.4 Å². The molecule has 0 spiro atoms. The van der Waals surface area contributed by atoms with Gasteiger partial charge in [-0.05, 0) is 0 Å². The maximum atomic E-state index is 0. The van der Waals surface area contributed by atoms with E-state index in [1.165, 1.54) is 0 Å². The summed E-state index contributed by atoms with van der Waals surface area (Å²) in [5.74, 6) is 0. The molecule has 0 bridgehead atoms. The molecule has 0 aliphatic carbocycles. The summed E-state index contributed by atoms with van der Waals surface area (Å²) in [5, 5.41) is 0. The maximum Gasteiger partial charge on any atom is 0 e. The van der Waals surface area contributed by atoms with Crippen LogP contribution in [0.5, 0.6) is 0 Å². The zero-order chi connectivity index (χ0) is 0. The predicted octanol–water partition coefficient (Wildman–Crippen LogP) is -2.04. The Labute approximate surface area is 76.6 Å². The molecule has 0 aliphatic heterocycles. The van der Waals surface area contributed by atoms with E-state index in [0.29, 0.717) is 0 Å². The third-order valence-corrected chi connectivity index (χ3v) is 0. The molecule has 0 fully saturated rings. The van der Waals surface area contributed by atoms with Gasteiger partial charge in [0.25, 0.3) is 0 Å². The molecule has 8 heavy (non-hydrogen) atoms. The molecule has 0 aliphatic rings. The summed E-state index contributed by atoms with van der Waals surface area (Å²) in [6.07, 6.45) is 0. The summed E-state index contributed by atoms with van der Waals surface area (Å²) >= 11 is 0. The summed E-state index contributed by atoms with van der Waals surface area (Å²) in [6, 6.07) is 0. The molecular formula is H11Cl3CrO4. The summed E-state index contributed by atoms with van der Waals surface area (Å²) in [6.45, 7) is 0. The zero-order valence-electron chi connectivity index (χ0n) is 3.63. The standard InChI is InChI=1S/3ClH.Cr.4H2O/h3*1H;;4*1H2. The van der Waals surface area contributed by atoms with E-state index in [9.17, 15) is 0 Å². The fourth-order valence-corrected chi connectivity index (χ4v) is 0. The van der Waals surface area contributed by atoms with Gasteiger partial charge in [-0.1, -0.05) is 0 Å². The fourth-order valence-electron chi connectivity index (χ4n) is 0. The Kier molecular flexibility index (Phi) is 14200. The van der Waals surface area contributed by atoms with Gasteiger partial charge in [-0.3, -0.25) is 0 Å². The molecular weight excluding hydrogens is 222 g/mol. The molecule has 0 aromatic heterocycles. The third kappa shape index (κ3) is 183. The van der Waals surface area contributed by atoms with Crippen molar-refractivity contribution in [2.24, 2.45) is 0 Å². The van der Waals surface area contributed by atoms with Crippen molar-refractivity contribution >= 4 is 37.2 Å². The van der Waals surface area contributed by atoms with Crippen molar-refractivity contribution in [3.8, 4) is 0 Å². The van der Waals surface area contributed by atoms with E-state index in [4.69, 9.17) is 0 Å². The summed E-state index contributed by atoms with van der Waals surface area (Å²) in [4.78, 5) is 0. The molecule has 0 rings (SSSR count). The second-order valence-electron chi connectivity index (χ2n) is 0. The van der Waals surface area contributed by atoms with E-state index in [2.05, 4.69) is 0 Å². The van der Waals surface area contributed by atoms with Gasteiger partial charge in [-0.25, -0.2) is 0 Å². The minimum absolute atomic E-state index is 0. The SMILES string of the molecule is Cl.Cl.Cl.O.O.O.O.[Cr]. The molecule has 4 nitrogen and oxygen atoms in total. The number of hydrogen-bond donors (Lipinski definition) is 0. The van der Waals surface area contributed by atoms with Gasteiger partial charge in [-0.2, -0.15) is 0 Å². The number of halogens is 3.